The number of hydrogen-bond donors (Lipinski definition) is 1. The predicted molar refractivity (Wildman–Crippen MR) is 72.1 cm³/mol. The van der Waals surface area contributed by atoms with E-state index in [9.17, 15) is 18.3 Å². The second kappa shape index (κ2) is 6.32. The molecule has 0 saturated carbocycles. The van der Waals surface area contributed by atoms with Gasteiger partial charge in [0.25, 0.3) is 0 Å². The molecule has 0 bridgehead atoms. The molecular formula is C15H15F3O3. The van der Waals surface area contributed by atoms with Crippen LogP contribution in [0.25, 0.3) is 10.8 Å². The maximum Gasteiger partial charge on any atom is 0.411 e. The molecule has 2 aromatic rings. The Morgan fingerprint density at radius 1 is 1.14 bits per heavy atom. The van der Waals surface area contributed by atoms with Crippen LogP contribution in [0.1, 0.15) is 18.6 Å². The molecule has 3 nitrogen and oxygen atoms in total. The third-order valence-corrected chi connectivity index (χ3v) is 2.91. The van der Waals surface area contributed by atoms with Crippen molar-refractivity contribution in [2.24, 2.45) is 0 Å². The van der Waals surface area contributed by atoms with Crippen molar-refractivity contribution in [3.63, 3.8) is 0 Å². The Morgan fingerprint density at radius 2 is 1.86 bits per heavy atom. The van der Waals surface area contributed by atoms with Gasteiger partial charge in [-0.25, -0.2) is 0 Å². The van der Waals surface area contributed by atoms with Crippen molar-refractivity contribution in [2.75, 3.05) is 13.4 Å². The van der Waals surface area contributed by atoms with Gasteiger partial charge < -0.3 is 14.6 Å². The molecule has 0 aliphatic heterocycles. The number of alkyl halides is 3. The van der Waals surface area contributed by atoms with Gasteiger partial charge in [0.1, 0.15) is 12.4 Å². The Morgan fingerprint density at radius 3 is 2.52 bits per heavy atom. The second-order valence-electron chi connectivity index (χ2n) is 4.61. The SMILES string of the molecule is CC(O)c1ccc2ccccc2c1OCOCC(F)(F)F. The van der Waals surface area contributed by atoms with Gasteiger partial charge in [-0.2, -0.15) is 13.2 Å². The molecule has 0 spiro atoms. The van der Waals surface area contributed by atoms with Crippen molar-refractivity contribution in [2.45, 2.75) is 19.2 Å². The van der Waals surface area contributed by atoms with Gasteiger partial charge in [0.15, 0.2) is 6.79 Å². The van der Waals surface area contributed by atoms with Gasteiger partial charge in [-0.3, -0.25) is 0 Å². The van der Waals surface area contributed by atoms with Crippen LogP contribution in [0.5, 0.6) is 5.75 Å². The molecule has 0 aromatic heterocycles. The van der Waals surface area contributed by atoms with Crippen molar-refractivity contribution in [3.8, 4) is 5.75 Å². The van der Waals surface area contributed by atoms with Crippen LogP contribution < -0.4 is 4.74 Å². The van der Waals surface area contributed by atoms with E-state index in [2.05, 4.69) is 4.74 Å². The second-order valence-corrected chi connectivity index (χ2v) is 4.61. The molecule has 114 valence electrons. The van der Waals surface area contributed by atoms with Crippen molar-refractivity contribution < 1.29 is 27.8 Å². The summed E-state index contributed by atoms with van der Waals surface area (Å²) in [6, 6.07) is 10.8. The Hall–Kier alpha value is -1.79. The fourth-order valence-corrected chi connectivity index (χ4v) is 2.01. The van der Waals surface area contributed by atoms with Gasteiger partial charge in [0, 0.05) is 10.9 Å². The first-order chi connectivity index (χ1) is 9.88. The van der Waals surface area contributed by atoms with Gasteiger partial charge in [0.2, 0.25) is 0 Å². The topological polar surface area (TPSA) is 38.7 Å². The number of ether oxygens (including phenoxy) is 2. The maximum atomic E-state index is 12.0. The summed E-state index contributed by atoms with van der Waals surface area (Å²) in [5.74, 6) is 0.338. The lowest BCUT2D eigenvalue weighted by atomic mass is 10.0. The highest BCUT2D eigenvalue weighted by molar-refractivity contribution is 5.89. The third-order valence-electron chi connectivity index (χ3n) is 2.91. The van der Waals surface area contributed by atoms with E-state index in [1.807, 2.05) is 18.2 Å². The van der Waals surface area contributed by atoms with E-state index in [0.29, 0.717) is 16.7 Å². The molecule has 0 aliphatic carbocycles. The Kier molecular flexibility index (Phi) is 4.69. The minimum Gasteiger partial charge on any atom is -0.467 e. The van der Waals surface area contributed by atoms with E-state index in [4.69, 9.17) is 4.74 Å². The minimum atomic E-state index is -4.39. The number of halogens is 3. The summed E-state index contributed by atoms with van der Waals surface area (Å²) in [5, 5.41) is 11.3. The summed E-state index contributed by atoms with van der Waals surface area (Å²) in [6.45, 7) is -0.345. The zero-order valence-electron chi connectivity index (χ0n) is 11.4. The maximum absolute atomic E-state index is 12.0. The van der Waals surface area contributed by atoms with E-state index in [-0.39, 0.29) is 0 Å². The van der Waals surface area contributed by atoms with E-state index >= 15 is 0 Å². The van der Waals surface area contributed by atoms with E-state index in [1.165, 1.54) is 0 Å². The van der Waals surface area contributed by atoms with Crippen LogP contribution in [-0.2, 0) is 4.74 Å². The highest BCUT2D eigenvalue weighted by atomic mass is 19.4. The van der Waals surface area contributed by atoms with E-state index in [0.717, 1.165) is 5.39 Å². The Bertz CT molecular complexity index is 609. The molecule has 0 fully saturated rings. The predicted octanol–water partition coefficient (Wildman–Crippen LogP) is 3.81. The molecule has 0 aliphatic rings. The Balaban J connectivity index is 2.21. The average molecular weight is 300 g/mol. The molecule has 0 saturated heterocycles. The first-order valence-electron chi connectivity index (χ1n) is 6.35. The smallest absolute Gasteiger partial charge is 0.411 e. The molecule has 0 amide bonds. The number of hydrogen-bond acceptors (Lipinski definition) is 3. The average Bonchev–Trinajstić information content (AvgIpc) is 2.42. The van der Waals surface area contributed by atoms with Crippen LogP contribution in [-0.4, -0.2) is 24.7 Å². The lowest BCUT2D eigenvalue weighted by molar-refractivity contribution is -0.186. The van der Waals surface area contributed by atoms with Crippen LogP contribution in [0.3, 0.4) is 0 Å². The quantitative estimate of drug-likeness (QED) is 0.674. The molecule has 0 radical (unpaired) electrons. The van der Waals surface area contributed by atoms with Gasteiger partial charge in [0.05, 0.1) is 6.10 Å². The van der Waals surface area contributed by atoms with Crippen molar-refractivity contribution >= 4 is 10.8 Å². The summed E-state index contributed by atoms with van der Waals surface area (Å²) < 4.78 is 45.8. The first-order valence-corrected chi connectivity index (χ1v) is 6.35. The molecule has 2 rings (SSSR count). The molecule has 0 heterocycles. The lowest BCUT2D eigenvalue weighted by Gasteiger charge is -2.16. The fourth-order valence-electron chi connectivity index (χ4n) is 2.01. The zero-order valence-corrected chi connectivity index (χ0v) is 11.4. The number of benzene rings is 2. The molecule has 1 N–H and O–H groups in total. The third kappa shape index (κ3) is 4.09. The lowest BCUT2D eigenvalue weighted by Crippen LogP contribution is -2.19. The van der Waals surface area contributed by atoms with Crippen molar-refractivity contribution in [3.05, 3.63) is 42.0 Å². The molecule has 6 heteroatoms. The van der Waals surface area contributed by atoms with Gasteiger partial charge >= 0.3 is 6.18 Å². The van der Waals surface area contributed by atoms with E-state index in [1.54, 1.807) is 25.1 Å². The van der Waals surface area contributed by atoms with Gasteiger partial charge in [-0.05, 0) is 12.3 Å². The highest BCUT2D eigenvalue weighted by Crippen LogP contribution is 2.33. The van der Waals surface area contributed by atoms with Crippen molar-refractivity contribution in [1.82, 2.24) is 0 Å². The molecular weight excluding hydrogens is 285 g/mol. The first kappa shape index (κ1) is 15.6. The van der Waals surface area contributed by atoms with Crippen LogP contribution >= 0.6 is 0 Å². The summed E-state index contributed by atoms with van der Waals surface area (Å²) >= 11 is 0. The van der Waals surface area contributed by atoms with Gasteiger partial charge in [-0.15, -0.1) is 0 Å². The van der Waals surface area contributed by atoms with E-state index < -0.39 is 25.7 Å². The fraction of sp³-hybridized carbons (Fsp3) is 0.333. The summed E-state index contributed by atoms with van der Waals surface area (Å²) in [5.41, 5.74) is 0.504. The summed E-state index contributed by atoms with van der Waals surface area (Å²) in [6.07, 6.45) is -5.19. The number of aliphatic hydroxyl groups excluding tert-OH is 1. The normalized spacial score (nSPS) is 13.4. The highest BCUT2D eigenvalue weighted by Gasteiger charge is 2.27. The monoisotopic (exact) mass is 300 g/mol. The number of rotatable bonds is 5. The molecule has 21 heavy (non-hydrogen) atoms. The number of fused-ring (bicyclic) bond motifs is 1. The van der Waals surface area contributed by atoms with Gasteiger partial charge in [-0.1, -0.05) is 36.4 Å². The van der Waals surface area contributed by atoms with Crippen LogP contribution in [0.2, 0.25) is 0 Å². The van der Waals surface area contributed by atoms with Crippen LogP contribution in [0.4, 0.5) is 13.2 Å². The molecule has 2 aromatic carbocycles. The molecule has 1 atom stereocenters. The van der Waals surface area contributed by atoms with Crippen molar-refractivity contribution in [1.29, 1.82) is 0 Å². The minimum absolute atomic E-state index is 0.338. The Labute approximate surface area is 119 Å². The summed E-state index contributed by atoms with van der Waals surface area (Å²) in [7, 11) is 0. The largest absolute Gasteiger partial charge is 0.467 e. The van der Waals surface area contributed by atoms with Crippen LogP contribution in [0, 0.1) is 0 Å². The van der Waals surface area contributed by atoms with Crippen LogP contribution in [0.15, 0.2) is 36.4 Å². The zero-order chi connectivity index (χ0) is 15.5. The summed E-state index contributed by atoms with van der Waals surface area (Å²) in [4.78, 5) is 0. The molecule has 1 unspecified atom stereocenters. The number of aliphatic hydroxyl groups is 1. The standard InChI is InChI=1S/C15H15F3O3/c1-10(19)12-7-6-11-4-2-3-5-13(11)14(12)21-9-20-8-15(16,17)18/h2-7,10,19H,8-9H2,1H3.